The molecule has 1 atom stereocenters. The van der Waals surface area contributed by atoms with E-state index in [0.717, 1.165) is 11.1 Å². The summed E-state index contributed by atoms with van der Waals surface area (Å²) in [6.45, 7) is 2.15. The molecule has 4 aromatic rings. The summed E-state index contributed by atoms with van der Waals surface area (Å²) in [6, 6.07) is 26.5. The first-order valence-corrected chi connectivity index (χ1v) is 12.0. The van der Waals surface area contributed by atoms with Crippen LogP contribution in [0, 0.1) is 0 Å². The summed E-state index contributed by atoms with van der Waals surface area (Å²) in [6.07, 6.45) is 0. The molecule has 1 heterocycles. The number of ketones is 1. The molecule has 0 aliphatic rings. The minimum atomic E-state index is -0.526. The second-order valence-electron chi connectivity index (χ2n) is 7.25. The predicted octanol–water partition coefficient (Wildman–Crippen LogP) is 5.82. The Hall–Kier alpha value is -3.49. The molecule has 33 heavy (non-hydrogen) atoms. The standard InChI is InChI=1S/C25H22N4O2S2/c1-17(30)20-13-8-14-21(15-20)27-23(31)22(19-11-6-3-7-12-19)32-25-29-28-24(33-25)26-16-18-9-4-2-5-10-18/h2-15,22H,16H2,1H3,(H,26,28)(H,27,31). The molecular weight excluding hydrogens is 452 g/mol. The number of hydrogen-bond donors (Lipinski definition) is 2. The van der Waals surface area contributed by atoms with E-state index in [0.29, 0.717) is 27.3 Å². The van der Waals surface area contributed by atoms with Crippen LogP contribution >= 0.6 is 23.1 Å². The lowest BCUT2D eigenvalue weighted by atomic mass is 10.1. The van der Waals surface area contributed by atoms with Crippen molar-refractivity contribution >= 4 is 45.6 Å². The second-order valence-corrected chi connectivity index (χ2v) is 9.58. The van der Waals surface area contributed by atoms with Crippen molar-refractivity contribution in [3.05, 3.63) is 102 Å². The number of Topliss-reactive ketones (excluding diaryl/α,β-unsaturated/α-hetero) is 1. The van der Waals surface area contributed by atoms with Crippen molar-refractivity contribution < 1.29 is 9.59 Å². The van der Waals surface area contributed by atoms with Gasteiger partial charge in [0, 0.05) is 17.8 Å². The average molecular weight is 475 g/mol. The molecule has 166 valence electrons. The first kappa shape index (κ1) is 22.7. The van der Waals surface area contributed by atoms with Gasteiger partial charge >= 0.3 is 0 Å². The van der Waals surface area contributed by atoms with Crippen LogP contribution in [0.15, 0.2) is 89.3 Å². The number of nitrogens with zero attached hydrogens (tertiary/aromatic N) is 2. The van der Waals surface area contributed by atoms with Gasteiger partial charge in [0.1, 0.15) is 5.25 Å². The summed E-state index contributed by atoms with van der Waals surface area (Å²) in [7, 11) is 0. The molecule has 6 nitrogen and oxygen atoms in total. The van der Waals surface area contributed by atoms with Crippen LogP contribution in [0.1, 0.15) is 33.7 Å². The molecule has 4 rings (SSSR count). The van der Waals surface area contributed by atoms with E-state index in [1.807, 2.05) is 60.7 Å². The maximum atomic E-state index is 13.2. The first-order chi connectivity index (χ1) is 16.1. The molecule has 0 spiro atoms. The highest BCUT2D eigenvalue weighted by Crippen LogP contribution is 2.38. The van der Waals surface area contributed by atoms with E-state index in [1.165, 1.54) is 30.0 Å². The van der Waals surface area contributed by atoms with Crippen LogP contribution in [0.5, 0.6) is 0 Å². The Morgan fingerprint density at radius 2 is 1.67 bits per heavy atom. The Balaban J connectivity index is 1.49. The molecule has 0 saturated carbocycles. The van der Waals surface area contributed by atoms with Crippen molar-refractivity contribution in [1.29, 1.82) is 0 Å². The third-order valence-corrected chi connectivity index (χ3v) is 7.01. The summed E-state index contributed by atoms with van der Waals surface area (Å²) >= 11 is 2.76. The van der Waals surface area contributed by atoms with Crippen molar-refractivity contribution in [2.75, 3.05) is 10.6 Å². The number of aromatic nitrogens is 2. The lowest BCUT2D eigenvalue weighted by Gasteiger charge is -2.16. The molecular formula is C25H22N4O2S2. The zero-order valence-electron chi connectivity index (χ0n) is 17.9. The summed E-state index contributed by atoms with van der Waals surface area (Å²) in [5, 5.41) is 14.9. The summed E-state index contributed by atoms with van der Waals surface area (Å²) in [5.41, 5.74) is 3.14. The third kappa shape index (κ3) is 6.27. The number of anilines is 2. The van der Waals surface area contributed by atoms with Gasteiger partial charge in [0.2, 0.25) is 11.0 Å². The van der Waals surface area contributed by atoms with Crippen molar-refractivity contribution in [3.63, 3.8) is 0 Å². The Bertz CT molecular complexity index is 1230. The van der Waals surface area contributed by atoms with Crippen molar-refractivity contribution in [2.24, 2.45) is 0 Å². The van der Waals surface area contributed by atoms with Gasteiger partial charge in [-0.25, -0.2) is 0 Å². The molecule has 3 aromatic carbocycles. The molecule has 0 aliphatic carbocycles. The molecule has 0 radical (unpaired) electrons. The summed E-state index contributed by atoms with van der Waals surface area (Å²) in [4.78, 5) is 24.9. The Kier molecular flexibility index (Phi) is 7.49. The van der Waals surface area contributed by atoms with Crippen LogP contribution in [0.3, 0.4) is 0 Å². The number of carbonyl (C=O) groups is 2. The molecule has 0 aliphatic heterocycles. The highest BCUT2D eigenvalue weighted by atomic mass is 32.2. The zero-order chi connectivity index (χ0) is 23.0. The minimum absolute atomic E-state index is 0.0514. The highest BCUT2D eigenvalue weighted by Gasteiger charge is 2.24. The number of hydrogen-bond acceptors (Lipinski definition) is 7. The minimum Gasteiger partial charge on any atom is -0.356 e. The summed E-state index contributed by atoms with van der Waals surface area (Å²) in [5.74, 6) is -0.245. The molecule has 0 fully saturated rings. The SMILES string of the molecule is CC(=O)c1cccc(NC(=O)C(Sc2nnc(NCc3ccccc3)s2)c2ccccc2)c1. The monoisotopic (exact) mass is 474 g/mol. The van der Waals surface area contributed by atoms with Gasteiger partial charge in [0.05, 0.1) is 0 Å². The van der Waals surface area contributed by atoms with Crippen LogP contribution in [0.4, 0.5) is 10.8 Å². The molecule has 0 saturated heterocycles. The molecule has 1 aromatic heterocycles. The van der Waals surface area contributed by atoms with Gasteiger partial charge in [-0.1, -0.05) is 95.9 Å². The molecule has 8 heteroatoms. The van der Waals surface area contributed by atoms with E-state index in [1.54, 1.807) is 24.3 Å². The number of thioether (sulfide) groups is 1. The lowest BCUT2D eigenvalue weighted by molar-refractivity contribution is -0.115. The first-order valence-electron chi connectivity index (χ1n) is 10.3. The van der Waals surface area contributed by atoms with Crippen LogP contribution < -0.4 is 10.6 Å². The Labute approximate surface area is 200 Å². The van der Waals surface area contributed by atoms with Gasteiger partial charge < -0.3 is 10.6 Å². The Morgan fingerprint density at radius 1 is 0.939 bits per heavy atom. The summed E-state index contributed by atoms with van der Waals surface area (Å²) < 4.78 is 0.687. The van der Waals surface area contributed by atoms with E-state index in [9.17, 15) is 9.59 Å². The number of rotatable bonds is 9. The highest BCUT2D eigenvalue weighted by molar-refractivity contribution is 8.02. The van der Waals surface area contributed by atoms with E-state index in [4.69, 9.17) is 0 Å². The lowest BCUT2D eigenvalue weighted by Crippen LogP contribution is -2.19. The number of amides is 1. The van der Waals surface area contributed by atoms with E-state index < -0.39 is 5.25 Å². The van der Waals surface area contributed by atoms with E-state index in [-0.39, 0.29) is 11.7 Å². The normalized spacial score (nSPS) is 11.5. The van der Waals surface area contributed by atoms with Crippen LogP contribution in [-0.2, 0) is 11.3 Å². The zero-order valence-corrected chi connectivity index (χ0v) is 19.5. The third-order valence-electron chi connectivity index (χ3n) is 4.79. The van der Waals surface area contributed by atoms with E-state index in [2.05, 4.69) is 20.8 Å². The van der Waals surface area contributed by atoms with Gasteiger partial charge in [-0.15, -0.1) is 10.2 Å². The number of benzene rings is 3. The largest absolute Gasteiger partial charge is 0.356 e. The molecule has 0 bridgehead atoms. The van der Waals surface area contributed by atoms with Crippen molar-refractivity contribution in [1.82, 2.24) is 10.2 Å². The average Bonchev–Trinajstić information content (AvgIpc) is 3.30. The fourth-order valence-electron chi connectivity index (χ4n) is 3.13. The fraction of sp³-hybridized carbons (Fsp3) is 0.120. The van der Waals surface area contributed by atoms with Crippen molar-refractivity contribution in [2.45, 2.75) is 23.1 Å². The topological polar surface area (TPSA) is 84.0 Å². The fourth-order valence-corrected chi connectivity index (χ4v) is 5.07. The van der Waals surface area contributed by atoms with Crippen molar-refractivity contribution in [3.8, 4) is 0 Å². The van der Waals surface area contributed by atoms with Crippen LogP contribution in [0.2, 0.25) is 0 Å². The predicted molar refractivity (Wildman–Crippen MR) is 134 cm³/mol. The van der Waals surface area contributed by atoms with Gasteiger partial charge in [0.25, 0.3) is 0 Å². The van der Waals surface area contributed by atoms with Gasteiger partial charge in [0.15, 0.2) is 10.1 Å². The maximum Gasteiger partial charge on any atom is 0.242 e. The molecule has 1 unspecified atom stereocenters. The maximum absolute atomic E-state index is 13.2. The van der Waals surface area contributed by atoms with Gasteiger partial charge in [-0.3, -0.25) is 9.59 Å². The quantitative estimate of drug-likeness (QED) is 0.235. The van der Waals surface area contributed by atoms with Crippen LogP contribution in [-0.4, -0.2) is 21.9 Å². The second kappa shape index (κ2) is 10.9. The Morgan fingerprint density at radius 3 is 2.39 bits per heavy atom. The molecule has 1 amide bonds. The van der Waals surface area contributed by atoms with Crippen LogP contribution in [0.25, 0.3) is 0 Å². The van der Waals surface area contributed by atoms with E-state index >= 15 is 0 Å². The van der Waals surface area contributed by atoms with Gasteiger partial charge in [-0.2, -0.15) is 0 Å². The smallest absolute Gasteiger partial charge is 0.242 e. The van der Waals surface area contributed by atoms with Gasteiger partial charge in [-0.05, 0) is 30.2 Å². The molecule has 2 N–H and O–H groups in total. The number of carbonyl (C=O) groups excluding carboxylic acids is 2. The number of nitrogens with one attached hydrogen (secondary N) is 2.